The van der Waals surface area contributed by atoms with Gasteiger partial charge in [0.1, 0.15) is 5.82 Å². The smallest absolute Gasteiger partial charge is 0.239 e. The van der Waals surface area contributed by atoms with Gasteiger partial charge in [-0.3, -0.25) is 4.79 Å². The minimum absolute atomic E-state index is 0.134. The molecule has 0 aromatic heterocycles. The van der Waals surface area contributed by atoms with Crippen molar-refractivity contribution in [1.29, 1.82) is 0 Å². The molecule has 2 fully saturated rings. The van der Waals surface area contributed by atoms with Crippen molar-refractivity contribution >= 4 is 11.6 Å². The van der Waals surface area contributed by atoms with E-state index < -0.39 is 0 Å². The quantitative estimate of drug-likeness (QED) is 0.894. The number of nitrogens with zero attached hydrogens (tertiary/aromatic N) is 2. The van der Waals surface area contributed by atoms with E-state index in [9.17, 15) is 9.18 Å². The SMILES string of the molecule is CC(NC1CCCC(C)C1C)C(=O)N1CCN(c2ccc(F)cc2)CC1. The van der Waals surface area contributed by atoms with Crippen molar-refractivity contribution in [2.75, 3.05) is 31.1 Å². The molecule has 26 heavy (non-hydrogen) atoms. The van der Waals surface area contributed by atoms with E-state index in [0.29, 0.717) is 12.0 Å². The maximum Gasteiger partial charge on any atom is 0.239 e. The third-order valence-electron chi connectivity index (χ3n) is 6.32. The van der Waals surface area contributed by atoms with Gasteiger partial charge in [-0.2, -0.15) is 0 Å². The number of amides is 1. The average Bonchev–Trinajstić information content (AvgIpc) is 2.65. The standard InChI is InChI=1S/C21H32FN3O/c1-15-5-4-6-20(16(15)2)23-17(3)21(26)25-13-11-24(12-14-25)19-9-7-18(22)8-10-19/h7-10,15-17,20,23H,4-6,11-14H2,1-3H3. The molecule has 0 radical (unpaired) electrons. The summed E-state index contributed by atoms with van der Waals surface area (Å²) < 4.78 is 13.1. The number of hydrogen-bond acceptors (Lipinski definition) is 3. The molecule has 5 heteroatoms. The van der Waals surface area contributed by atoms with Crippen LogP contribution in [-0.4, -0.2) is 49.1 Å². The van der Waals surface area contributed by atoms with Gasteiger partial charge in [-0.15, -0.1) is 0 Å². The highest BCUT2D eigenvalue weighted by molar-refractivity contribution is 5.81. The lowest BCUT2D eigenvalue weighted by Crippen LogP contribution is -2.56. The zero-order valence-corrected chi connectivity index (χ0v) is 16.2. The van der Waals surface area contributed by atoms with Crippen molar-refractivity contribution in [2.45, 2.75) is 52.1 Å². The van der Waals surface area contributed by atoms with Crippen LogP contribution in [-0.2, 0) is 4.79 Å². The first-order valence-electron chi connectivity index (χ1n) is 10.0. The summed E-state index contributed by atoms with van der Waals surface area (Å²) in [6.45, 7) is 9.65. The lowest BCUT2D eigenvalue weighted by atomic mass is 9.78. The van der Waals surface area contributed by atoms with Gasteiger partial charge >= 0.3 is 0 Å². The predicted octanol–water partition coefficient (Wildman–Crippen LogP) is 3.28. The maximum atomic E-state index is 13.1. The van der Waals surface area contributed by atoms with Gasteiger partial charge in [0.25, 0.3) is 0 Å². The van der Waals surface area contributed by atoms with Gasteiger partial charge < -0.3 is 15.1 Å². The molecule has 1 aliphatic carbocycles. The van der Waals surface area contributed by atoms with Crippen molar-refractivity contribution < 1.29 is 9.18 Å². The van der Waals surface area contributed by atoms with E-state index in [1.54, 1.807) is 0 Å². The van der Waals surface area contributed by atoms with Gasteiger partial charge in [0, 0.05) is 37.9 Å². The molecule has 1 heterocycles. The molecule has 144 valence electrons. The van der Waals surface area contributed by atoms with E-state index in [-0.39, 0.29) is 17.8 Å². The first-order chi connectivity index (χ1) is 12.5. The van der Waals surface area contributed by atoms with Gasteiger partial charge in [0.2, 0.25) is 5.91 Å². The van der Waals surface area contributed by atoms with Crippen molar-refractivity contribution in [3.05, 3.63) is 30.1 Å². The zero-order valence-electron chi connectivity index (χ0n) is 16.2. The molecule has 1 N–H and O–H groups in total. The molecule has 1 saturated carbocycles. The van der Waals surface area contributed by atoms with E-state index in [1.807, 2.05) is 24.0 Å². The second-order valence-electron chi connectivity index (χ2n) is 8.05. The van der Waals surface area contributed by atoms with Crippen LogP contribution in [0, 0.1) is 17.7 Å². The Morgan fingerprint density at radius 2 is 1.77 bits per heavy atom. The van der Waals surface area contributed by atoms with Crippen molar-refractivity contribution in [1.82, 2.24) is 10.2 Å². The molecule has 1 saturated heterocycles. The van der Waals surface area contributed by atoms with E-state index in [2.05, 4.69) is 24.1 Å². The summed E-state index contributed by atoms with van der Waals surface area (Å²) in [7, 11) is 0. The Kier molecular flexibility index (Phi) is 6.17. The summed E-state index contributed by atoms with van der Waals surface area (Å²) in [4.78, 5) is 17.0. The number of hydrogen-bond donors (Lipinski definition) is 1. The Hall–Kier alpha value is -1.62. The van der Waals surface area contributed by atoms with Gasteiger partial charge in [0.15, 0.2) is 0 Å². The van der Waals surface area contributed by atoms with Gasteiger partial charge in [0.05, 0.1) is 6.04 Å². The topological polar surface area (TPSA) is 35.6 Å². The summed E-state index contributed by atoms with van der Waals surface area (Å²) in [6.07, 6.45) is 3.72. The molecular weight excluding hydrogens is 329 g/mol. The summed E-state index contributed by atoms with van der Waals surface area (Å²) in [6, 6.07) is 6.91. The van der Waals surface area contributed by atoms with E-state index in [4.69, 9.17) is 0 Å². The minimum Gasteiger partial charge on any atom is -0.368 e. The average molecular weight is 362 g/mol. The fraction of sp³-hybridized carbons (Fsp3) is 0.667. The van der Waals surface area contributed by atoms with E-state index >= 15 is 0 Å². The molecule has 4 atom stereocenters. The van der Waals surface area contributed by atoms with Crippen LogP contribution in [0.5, 0.6) is 0 Å². The van der Waals surface area contributed by atoms with Crippen LogP contribution in [0.1, 0.15) is 40.0 Å². The molecule has 1 aliphatic heterocycles. The van der Waals surface area contributed by atoms with Crippen LogP contribution in [0.3, 0.4) is 0 Å². The lowest BCUT2D eigenvalue weighted by molar-refractivity contribution is -0.133. The molecule has 4 unspecified atom stereocenters. The largest absolute Gasteiger partial charge is 0.368 e. The second-order valence-corrected chi connectivity index (χ2v) is 8.05. The lowest BCUT2D eigenvalue weighted by Gasteiger charge is -2.39. The number of anilines is 1. The van der Waals surface area contributed by atoms with E-state index in [1.165, 1.54) is 31.4 Å². The van der Waals surface area contributed by atoms with Crippen molar-refractivity contribution in [3.8, 4) is 0 Å². The van der Waals surface area contributed by atoms with Crippen molar-refractivity contribution in [3.63, 3.8) is 0 Å². The summed E-state index contributed by atoms with van der Waals surface area (Å²) in [5, 5.41) is 3.60. The van der Waals surface area contributed by atoms with Crippen LogP contribution in [0.25, 0.3) is 0 Å². The van der Waals surface area contributed by atoms with Crippen LogP contribution < -0.4 is 10.2 Å². The monoisotopic (exact) mass is 361 g/mol. The fourth-order valence-electron chi connectivity index (χ4n) is 4.32. The number of piperazine rings is 1. The minimum atomic E-state index is -0.214. The third-order valence-corrected chi connectivity index (χ3v) is 6.32. The van der Waals surface area contributed by atoms with Crippen LogP contribution in [0.2, 0.25) is 0 Å². The number of benzene rings is 1. The van der Waals surface area contributed by atoms with Gasteiger partial charge in [-0.25, -0.2) is 4.39 Å². The molecule has 1 aromatic carbocycles. The molecule has 2 aliphatic rings. The first-order valence-corrected chi connectivity index (χ1v) is 10.0. The Labute approximate surface area is 156 Å². The number of rotatable bonds is 4. The fourth-order valence-corrected chi connectivity index (χ4v) is 4.32. The Morgan fingerprint density at radius 1 is 1.12 bits per heavy atom. The molecule has 0 spiro atoms. The molecule has 1 amide bonds. The zero-order chi connectivity index (χ0) is 18.7. The number of carbonyl (C=O) groups is 1. The number of carbonyl (C=O) groups excluding carboxylic acids is 1. The predicted molar refractivity (Wildman–Crippen MR) is 104 cm³/mol. The van der Waals surface area contributed by atoms with E-state index in [0.717, 1.165) is 37.8 Å². The number of halogens is 1. The Bertz CT molecular complexity index is 598. The highest BCUT2D eigenvalue weighted by atomic mass is 19.1. The Balaban J connectivity index is 1.50. The van der Waals surface area contributed by atoms with Gasteiger partial charge in [-0.05, 0) is 49.4 Å². The Morgan fingerprint density at radius 3 is 2.42 bits per heavy atom. The highest BCUT2D eigenvalue weighted by Crippen LogP contribution is 2.29. The summed E-state index contributed by atoms with van der Waals surface area (Å²) in [5.41, 5.74) is 1.02. The highest BCUT2D eigenvalue weighted by Gasteiger charge is 2.31. The molecule has 4 nitrogen and oxygen atoms in total. The molecule has 1 aromatic rings. The summed E-state index contributed by atoms with van der Waals surface area (Å²) in [5.74, 6) is 1.33. The molecule has 3 rings (SSSR count). The van der Waals surface area contributed by atoms with Crippen molar-refractivity contribution in [2.24, 2.45) is 11.8 Å². The normalized spacial score (nSPS) is 28.1. The van der Waals surface area contributed by atoms with Crippen LogP contribution in [0.15, 0.2) is 24.3 Å². The van der Waals surface area contributed by atoms with Crippen LogP contribution in [0.4, 0.5) is 10.1 Å². The van der Waals surface area contributed by atoms with Gasteiger partial charge in [-0.1, -0.05) is 26.7 Å². The molecular formula is C21H32FN3O. The molecule has 0 bridgehead atoms. The number of nitrogens with one attached hydrogen (secondary N) is 1. The third kappa shape index (κ3) is 4.37. The summed E-state index contributed by atoms with van der Waals surface area (Å²) >= 11 is 0. The second kappa shape index (κ2) is 8.38. The van der Waals surface area contributed by atoms with Crippen LogP contribution >= 0.6 is 0 Å². The maximum absolute atomic E-state index is 13.1. The first kappa shape index (κ1) is 19.2.